The van der Waals surface area contributed by atoms with Gasteiger partial charge in [-0.15, -0.1) is 5.10 Å². The Labute approximate surface area is 136 Å². The molecule has 0 fully saturated rings. The maximum Gasteiger partial charge on any atom is 0.230 e. The standard InChI is InChI=1S/C14H14N6O2S/c1-20-14(17-18-19-20)23-9-13(21)16-8-10-4-5-15-11(7-10)12-3-2-6-22-12/h2-7H,8-9H2,1H3,(H,16,21). The van der Waals surface area contributed by atoms with Crippen molar-refractivity contribution in [2.24, 2.45) is 7.05 Å². The largest absolute Gasteiger partial charge is 0.463 e. The summed E-state index contributed by atoms with van der Waals surface area (Å²) in [5.74, 6) is 0.863. The molecule has 0 unspecified atom stereocenters. The number of aromatic nitrogens is 5. The smallest absolute Gasteiger partial charge is 0.230 e. The average molecular weight is 330 g/mol. The van der Waals surface area contributed by atoms with Crippen LogP contribution in [0.1, 0.15) is 5.56 Å². The number of rotatable bonds is 6. The molecular weight excluding hydrogens is 316 g/mol. The molecule has 1 N–H and O–H groups in total. The fourth-order valence-electron chi connectivity index (χ4n) is 1.87. The van der Waals surface area contributed by atoms with Crippen LogP contribution < -0.4 is 5.32 Å². The molecule has 0 atom stereocenters. The summed E-state index contributed by atoms with van der Waals surface area (Å²) in [6.45, 7) is 0.423. The first-order valence-electron chi connectivity index (χ1n) is 6.83. The van der Waals surface area contributed by atoms with Gasteiger partial charge in [0.25, 0.3) is 0 Å². The Morgan fingerprint density at radius 2 is 2.35 bits per heavy atom. The number of amides is 1. The number of tetrazole rings is 1. The molecule has 0 radical (unpaired) electrons. The van der Waals surface area contributed by atoms with Crippen LogP contribution in [0.15, 0.2) is 46.3 Å². The van der Waals surface area contributed by atoms with Gasteiger partial charge in [-0.1, -0.05) is 11.8 Å². The van der Waals surface area contributed by atoms with Crippen LogP contribution in [0.25, 0.3) is 11.5 Å². The van der Waals surface area contributed by atoms with E-state index in [4.69, 9.17) is 4.42 Å². The summed E-state index contributed by atoms with van der Waals surface area (Å²) < 4.78 is 6.84. The van der Waals surface area contributed by atoms with Gasteiger partial charge >= 0.3 is 0 Å². The minimum atomic E-state index is -0.0886. The van der Waals surface area contributed by atoms with Crippen molar-refractivity contribution in [3.05, 3.63) is 42.3 Å². The van der Waals surface area contributed by atoms with E-state index >= 15 is 0 Å². The lowest BCUT2D eigenvalue weighted by atomic mass is 10.2. The van der Waals surface area contributed by atoms with Crippen LogP contribution in [-0.4, -0.2) is 36.9 Å². The molecule has 0 aliphatic rings. The van der Waals surface area contributed by atoms with E-state index in [9.17, 15) is 4.79 Å². The summed E-state index contributed by atoms with van der Waals surface area (Å²) in [5, 5.41) is 14.5. The van der Waals surface area contributed by atoms with Crippen LogP contribution >= 0.6 is 11.8 Å². The van der Waals surface area contributed by atoms with E-state index in [0.29, 0.717) is 17.5 Å². The lowest BCUT2D eigenvalue weighted by Crippen LogP contribution is -2.24. The lowest BCUT2D eigenvalue weighted by molar-refractivity contribution is -0.118. The molecule has 0 bridgehead atoms. The van der Waals surface area contributed by atoms with E-state index in [1.54, 1.807) is 19.5 Å². The van der Waals surface area contributed by atoms with E-state index in [0.717, 1.165) is 11.3 Å². The zero-order valence-electron chi connectivity index (χ0n) is 12.3. The zero-order chi connectivity index (χ0) is 16.1. The van der Waals surface area contributed by atoms with E-state index in [-0.39, 0.29) is 11.7 Å². The van der Waals surface area contributed by atoms with Crippen LogP contribution in [0, 0.1) is 0 Å². The van der Waals surface area contributed by atoms with Crippen molar-refractivity contribution in [2.75, 3.05) is 5.75 Å². The van der Waals surface area contributed by atoms with Gasteiger partial charge in [-0.2, -0.15) is 0 Å². The number of pyridine rings is 1. The Kier molecular flexibility index (Phi) is 4.67. The van der Waals surface area contributed by atoms with E-state index < -0.39 is 0 Å². The van der Waals surface area contributed by atoms with Crippen molar-refractivity contribution in [1.29, 1.82) is 0 Å². The molecule has 8 nitrogen and oxygen atoms in total. The van der Waals surface area contributed by atoms with Crippen LogP contribution in [0.5, 0.6) is 0 Å². The second-order valence-electron chi connectivity index (χ2n) is 4.68. The molecule has 0 aliphatic carbocycles. The van der Waals surface area contributed by atoms with Gasteiger partial charge < -0.3 is 9.73 Å². The third-order valence-electron chi connectivity index (χ3n) is 3.00. The van der Waals surface area contributed by atoms with Crippen molar-refractivity contribution >= 4 is 17.7 Å². The molecule has 0 saturated heterocycles. The summed E-state index contributed by atoms with van der Waals surface area (Å²) in [5.41, 5.74) is 1.69. The highest BCUT2D eigenvalue weighted by atomic mass is 32.2. The lowest BCUT2D eigenvalue weighted by Gasteiger charge is -2.06. The molecule has 0 spiro atoms. The third-order valence-corrected chi connectivity index (χ3v) is 4.01. The van der Waals surface area contributed by atoms with Gasteiger partial charge in [0.1, 0.15) is 5.69 Å². The number of thioether (sulfide) groups is 1. The Bertz CT molecular complexity index is 786. The fraction of sp³-hybridized carbons (Fsp3) is 0.214. The van der Waals surface area contributed by atoms with Gasteiger partial charge in [-0.3, -0.25) is 9.78 Å². The quantitative estimate of drug-likeness (QED) is 0.680. The molecule has 9 heteroatoms. The van der Waals surface area contributed by atoms with Gasteiger partial charge in [-0.05, 0) is 40.3 Å². The number of aryl methyl sites for hydroxylation is 1. The highest BCUT2D eigenvalue weighted by molar-refractivity contribution is 7.99. The van der Waals surface area contributed by atoms with Crippen molar-refractivity contribution in [2.45, 2.75) is 11.7 Å². The molecule has 3 aromatic rings. The molecule has 3 rings (SSSR count). The van der Waals surface area contributed by atoms with Crippen LogP contribution in [0.4, 0.5) is 0 Å². The van der Waals surface area contributed by atoms with Crippen molar-refractivity contribution in [1.82, 2.24) is 30.5 Å². The molecule has 1 amide bonds. The van der Waals surface area contributed by atoms with Crippen LogP contribution in [0.2, 0.25) is 0 Å². The molecule has 3 aromatic heterocycles. The maximum atomic E-state index is 11.9. The van der Waals surface area contributed by atoms with Crippen LogP contribution in [-0.2, 0) is 18.4 Å². The van der Waals surface area contributed by atoms with E-state index in [1.807, 2.05) is 24.3 Å². The Hall–Kier alpha value is -2.68. The SMILES string of the molecule is Cn1nnnc1SCC(=O)NCc1ccnc(-c2ccco2)c1. The number of furan rings is 1. The van der Waals surface area contributed by atoms with Gasteiger partial charge in [0.2, 0.25) is 11.1 Å². The van der Waals surface area contributed by atoms with Crippen LogP contribution in [0.3, 0.4) is 0 Å². The topological polar surface area (TPSA) is 98.7 Å². The van der Waals surface area contributed by atoms with Gasteiger partial charge in [0.15, 0.2) is 5.76 Å². The normalized spacial score (nSPS) is 10.7. The molecule has 118 valence electrons. The Morgan fingerprint density at radius 3 is 3.09 bits per heavy atom. The molecule has 3 heterocycles. The number of carbonyl (C=O) groups is 1. The number of hydrogen-bond acceptors (Lipinski definition) is 7. The summed E-state index contributed by atoms with van der Waals surface area (Å²) in [6, 6.07) is 7.39. The third kappa shape index (κ3) is 3.95. The fourth-order valence-corrected chi connectivity index (χ4v) is 2.55. The van der Waals surface area contributed by atoms with Gasteiger partial charge in [0, 0.05) is 19.8 Å². The Morgan fingerprint density at radius 1 is 1.43 bits per heavy atom. The second kappa shape index (κ2) is 7.05. The maximum absolute atomic E-state index is 11.9. The molecule has 23 heavy (non-hydrogen) atoms. The van der Waals surface area contributed by atoms with Crippen molar-refractivity contribution < 1.29 is 9.21 Å². The molecular formula is C14H14N6O2S. The van der Waals surface area contributed by atoms with Gasteiger partial charge in [-0.25, -0.2) is 4.68 Å². The number of hydrogen-bond donors (Lipinski definition) is 1. The van der Waals surface area contributed by atoms with Crippen molar-refractivity contribution in [3.8, 4) is 11.5 Å². The minimum Gasteiger partial charge on any atom is -0.463 e. The molecule has 0 aromatic carbocycles. The van der Waals surface area contributed by atoms with Crippen molar-refractivity contribution in [3.63, 3.8) is 0 Å². The average Bonchev–Trinajstić information content (AvgIpc) is 3.23. The first-order chi connectivity index (χ1) is 11.2. The second-order valence-corrected chi connectivity index (χ2v) is 5.62. The van der Waals surface area contributed by atoms with Gasteiger partial charge in [0.05, 0.1) is 12.0 Å². The number of nitrogens with one attached hydrogen (secondary N) is 1. The highest BCUT2D eigenvalue weighted by Crippen LogP contribution is 2.18. The summed E-state index contributed by atoms with van der Waals surface area (Å²) in [6.07, 6.45) is 3.29. The summed E-state index contributed by atoms with van der Waals surface area (Å²) in [7, 11) is 1.73. The predicted molar refractivity (Wildman–Crippen MR) is 83.3 cm³/mol. The minimum absolute atomic E-state index is 0.0886. The highest BCUT2D eigenvalue weighted by Gasteiger charge is 2.08. The first-order valence-corrected chi connectivity index (χ1v) is 7.81. The Balaban J connectivity index is 1.53. The monoisotopic (exact) mass is 330 g/mol. The first kappa shape index (κ1) is 15.2. The summed E-state index contributed by atoms with van der Waals surface area (Å²) in [4.78, 5) is 16.1. The summed E-state index contributed by atoms with van der Waals surface area (Å²) >= 11 is 1.29. The zero-order valence-corrected chi connectivity index (χ0v) is 13.2. The van der Waals surface area contributed by atoms with E-state index in [2.05, 4.69) is 25.8 Å². The predicted octanol–water partition coefficient (Wildman–Crippen LogP) is 1.27. The van der Waals surface area contributed by atoms with E-state index in [1.165, 1.54) is 16.4 Å². The molecule has 0 aliphatic heterocycles. The number of carbonyl (C=O) groups excluding carboxylic acids is 1. The molecule has 0 saturated carbocycles. The number of nitrogens with zero attached hydrogens (tertiary/aromatic N) is 5.